The molecule has 0 aromatic carbocycles. The Kier molecular flexibility index (Phi) is 5.95. The number of anilines is 1. The number of imidazole rings is 1. The Labute approximate surface area is 178 Å². The molecule has 10 nitrogen and oxygen atoms in total. The first-order valence-corrected chi connectivity index (χ1v) is 9.97. The zero-order valence-electron chi connectivity index (χ0n) is 17.5. The highest BCUT2D eigenvalue weighted by Gasteiger charge is 2.22. The lowest BCUT2D eigenvalue weighted by molar-refractivity contribution is 0.0965. The maximum Gasteiger partial charge on any atom is 0.293 e. The van der Waals surface area contributed by atoms with Gasteiger partial charge in [0.2, 0.25) is 11.8 Å². The van der Waals surface area contributed by atoms with Crippen molar-refractivity contribution in [3.8, 4) is 17.7 Å². The number of ketones is 1. The van der Waals surface area contributed by atoms with Crippen LogP contribution in [0, 0.1) is 11.8 Å². The Balaban J connectivity index is 1.73. The molecule has 4 heterocycles. The summed E-state index contributed by atoms with van der Waals surface area (Å²) in [4.78, 5) is 36.8. The zero-order valence-corrected chi connectivity index (χ0v) is 17.5. The van der Waals surface area contributed by atoms with Crippen molar-refractivity contribution in [1.29, 1.82) is 0 Å². The van der Waals surface area contributed by atoms with Gasteiger partial charge in [0.25, 0.3) is 5.56 Å². The number of rotatable bonds is 6. The normalized spacial score (nSPS) is 13.7. The molecule has 3 aromatic rings. The largest absolute Gasteiger partial charge is 0.481 e. The second-order valence-corrected chi connectivity index (χ2v) is 7.01. The van der Waals surface area contributed by atoms with Gasteiger partial charge in [-0.3, -0.25) is 14.2 Å². The van der Waals surface area contributed by atoms with Crippen LogP contribution in [0.3, 0.4) is 0 Å². The third kappa shape index (κ3) is 4.13. The second-order valence-electron chi connectivity index (χ2n) is 7.01. The molecule has 10 heteroatoms. The Morgan fingerprint density at radius 1 is 1.32 bits per heavy atom. The molecule has 1 aliphatic heterocycles. The highest BCUT2D eigenvalue weighted by molar-refractivity contribution is 5.96. The minimum Gasteiger partial charge on any atom is -0.481 e. The minimum atomic E-state index is -0.376. The van der Waals surface area contributed by atoms with E-state index >= 15 is 0 Å². The van der Waals surface area contributed by atoms with Crippen molar-refractivity contribution in [1.82, 2.24) is 29.6 Å². The van der Waals surface area contributed by atoms with E-state index < -0.39 is 0 Å². The molecule has 3 aromatic heterocycles. The van der Waals surface area contributed by atoms with Gasteiger partial charge in [-0.15, -0.1) is 5.92 Å². The van der Waals surface area contributed by atoms with Crippen molar-refractivity contribution in [3.63, 3.8) is 0 Å². The number of Topliss-reactive ketones (excluding diaryl/α,β-unsaturated/α-hetero) is 1. The minimum absolute atomic E-state index is 0.199. The van der Waals surface area contributed by atoms with Gasteiger partial charge in [-0.2, -0.15) is 5.10 Å². The summed E-state index contributed by atoms with van der Waals surface area (Å²) in [6, 6.07) is 3.12. The topological polar surface area (TPSA) is 107 Å². The molecule has 0 spiro atoms. The highest BCUT2D eigenvalue weighted by atomic mass is 16.5. The molecule has 1 N–H and O–H groups in total. The predicted octanol–water partition coefficient (Wildman–Crippen LogP) is 0.312. The number of aromatic nitrogens is 5. The Morgan fingerprint density at radius 2 is 2.13 bits per heavy atom. The summed E-state index contributed by atoms with van der Waals surface area (Å²) in [6.07, 6.45) is 3.02. The van der Waals surface area contributed by atoms with Crippen molar-refractivity contribution in [2.45, 2.75) is 20.0 Å². The number of carbonyl (C=O) groups is 1. The van der Waals surface area contributed by atoms with Gasteiger partial charge in [-0.1, -0.05) is 5.92 Å². The van der Waals surface area contributed by atoms with E-state index in [1.54, 1.807) is 13.0 Å². The Morgan fingerprint density at radius 3 is 2.87 bits per heavy atom. The SMILES string of the molecule is CC#CCn1c(N2CCNCC2)nc2cnn(CC(=O)c3ccnc(OC)c3)c(=O)c21. The number of carbonyl (C=O) groups excluding carboxylic acids is 1. The van der Waals surface area contributed by atoms with Gasteiger partial charge in [0.15, 0.2) is 5.78 Å². The van der Waals surface area contributed by atoms with Crippen molar-refractivity contribution >= 4 is 22.8 Å². The van der Waals surface area contributed by atoms with Gasteiger partial charge in [0, 0.05) is 44.0 Å². The first-order valence-electron chi connectivity index (χ1n) is 9.97. The van der Waals surface area contributed by atoms with Crippen molar-refractivity contribution in [3.05, 3.63) is 40.4 Å². The van der Waals surface area contributed by atoms with E-state index in [0.717, 1.165) is 30.9 Å². The van der Waals surface area contributed by atoms with E-state index in [4.69, 9.17) is 4.74 Å². The fraction of sp³-hybridized carbons (Fsp3) is 0.381. The van der Waals surface area contributed by atoms with E-state index in [0.29, 0.717) is 35.0 Å². The number of nitrogens with one attached hydrogen (secondary N) is 1. The molecule has 31 heavy (non-hydrogen) atoms. The number of methoxy groups -OCH3 is 1. The van der Waals surface area contributed by atoms with Crippen LogP contribution in [0.15, 0.2) is 29.3 Å². The van der Waals surface area contributed by atoms with Gasteiger partial charge in [-0.05, 0) is 13.0 Å². The van der Waals surface area contributed by atoms with E-state index in [1.165, 1.54) is 25.6 Å². The third-order valence-corrected chi connectivity index (χ3v) is 5.10. The van der Waals surface area contributed by atoms with Crippen LogP contribution in [-0.4, -0.2) is 63.4 Å². The molecule has 0 saturated carbocycles. The molecule has 0 amide bonds. The summed E-state index contributed by atoms with van der Waals surface area (Å²) in [5.74, 6) is 6.66. The van der Waals surface area contributed by atoms with E-state index in [9.17, 15) is 9.59 Å². The summed E-state index contributed by atoms with van der Waals surface area (Å²) < 4.78 is 8.05. The van der Waals surface area contributed by atoms with Crippen LogP contribution >= 0.6 is 0 Å². The Bertz CT molecular complexity index is 1230. The van der Waals surface area contributed by atoms with Crippen LogP contribution < -0.4 is 20.5 Å². The van der Waals surface area contributed by atoms with Gasteiger partial charge >= 0.3 is 0 Å². The second kappa shape index (κ2) is 8.97. The van der Waals surface area contributed by atoms with Gasteiger partial charge in [-0.25, -0.2) is 14.6 Å². The summed E-state index contributed by atoms with van der Waals surface area (Å²) in [5, 5.41) is 7.50. The fourth-order valence-corrected chi connectivity index (χ4v) is 3.52. The number of fused-ring (bicyclic) bond motifs is 1. The maximum absolute atomic E-state index is 13.3. The molecule has 0 radical (unpaired) electrons. The molecule has 1 aliphatic rings. The number of hydrogen-bond acceptors (Lipinski definition) is 8. The fourth-order valence-electron chi connectivity index (χ4n) is 3.52. The smallest absolute Gasteiger partial charge is 0.293 e. The summed E-state index contributed by atoms with van der Waals surface area (Å²) in [7, 11) is 1.48. The molecule has 0 atom stereocenters. The van der Waals surface area contributed by atoms with E-state index in [2.05, 4.69) is 37.1 Å². The summed E-state index contributed by atoms with van der Waals surface area (Å²) >= 11 is 0. The first-order chi connectivity index (χ1) is 15.1. The standard InChI is InChI=1S/C21H23N7O3/c1-3-4-9-27-19-16(25-21(27)26-10-7-22-8-11-26)13-24-28(20(19)30)14-17(29)15-5-6-23-18(12-15)31-2/h5-6,12-13,22H,7-11,14H2,1-2H3. The quantitative estimate of drug-likeness (QED) is 0.448. The van der Waals surface area contributed by atoms with E-state index in [-0.39, 0.29) is 17.9 Å². The van der Waals surface area contributed by atoms with Crippen molar-refractivity contribution in [2.75, 3.05) is 38.2 Å². The van der Waals surface area contributed by atoms with Crippen LogP contribution in [0.5, 0.6) is 5.88 Å². The monoisotopic (exact) mass is 421 g/mol. The molecule has 1 fully saturated rings. The number of hydrogen-bond donors (Lipinski definition) is 1. The number of ether oxygens (including phenoxy) is 1. The highest BCUT2D eigenvalue weighted by Crippen LogP contribution is 2.20. The lowest BCUT2D eigenvalue weighted by atomic mass is 10.2. The van der Waals surface area contributed by atoms with Gasteiger partial charge < -0.3 is 15.0 Å². The molecule has 1 saturated heterocycles. The van der Waals surface area contributed by atoms with Crippen molar-refractivity contribution in [2.24, 2.45) is 0 Å². The van der Waals surface area contributed by atoms with Gasteiger partial charge in [0.1, 0.15) is 17.6 Å². The zero-order chi connectivity index (χ0) is 21.8. The third-order valence-electron chi connectivity index (χ3n) is 5.10. The van der Waals surface area contributed by atoms with Crippen LogP contribution in [-0.2, 0) is 13.1 Å². The number of nitrogens with zero attached hydrogens (tertiary/aromatic N) is 6. The molecular formula is C21H23N7O3. The molecular weight excluding hydrogens is 398 g/mol. The molecule has 4 rings (SSSR count). The number of piperazine rings is 1. The lowest BCUT2D eigenvalue weighted by Gasteiger charge is -2.28. The van der Waals surface area contributed by atoms with Crippen LogP contribution in [0.2, 0.25) is 0 Å². The van der Waals surface area contributed by atoms with E-state index in [1.807, 2.05) is 4.57 Å². The molecule has 0 bridgehead atoms. The molecule has 0 aliphatic carbocycles. The summed E-state index contributed by atoms with van der Waals surface area (Å²) in [6.45, 7) is 5.14. The maximum atomic E-state index is 13.3. The lowest BCUT2D eigenvalue weighted by Crippen LogP contribution is -2.44. The predicted molar refractivity (Wildman–Crippen MR) is 115 cm³/mol. The average Bonchev–Trinajstić information content (AvgIpc) is 3.19. The molecule has 0 unspecified atom stereocenters. The van der Waals surface area contributed by atoms with Crippen LogP contribution in [0.25, 0.3) is 11.0 Å². The summed E-state index contributed by atoms with van der Waals surface area (Å²) in [5.41, 5.74) is 0.906. The van der Waals surface area contributed by atoms with Crippen LogP contribution in [0.4, 0.5) is 5.95 Å². The number of pyridine rings is 1. The molecule has 160 valence electrons. The van der Waals surface area contributed by atoms with Crippen LogP contribution in [0.1, 0.15) is 17.3 Å². The average molecular weight is 421 g/mol. The van der Waals surface area contributed by atoms with Gasteiger partial charge in [0.05, 0.1) is 19.9 Å². The Hall–Kier alpha value is -3.71. The first kappa shape index (κ1) is 20.6. The van der Waals surface area contributed by atoms with Crippen molar-refractivity contribution < 1.29 is 9.53 Å².